The van der Waals surface area contributed by atoms with Gasteiger partial charge in [0.25, 0.3) is 5.91 Å². The minimum absolute atomic E-state index is 0.00794. The van der Waals surface area contributed by atoms with Crippen molar-refractivity contribution in [3.05, 3.63) is 17.5 Å². The van der Waals surface area contributed by atoms with E-state index in [0.29, 0.717) is 18.2 Å². The van der Waals surface area contributed by atoms with Gasteiger partial charge < -0.3 is 15.2 Å². The zero-order valence-corrected chi connectivity index (χ0v) is 9.64. The molecule has 2 rings (SSSR count). The molecule has 16 heavy (non-hydrogen) atoms. The fourth-order valence-corrected chi connectivity index (χ4v) is 1.49. The summed E-state index contributed by atoms with van der Waals surface area (Å²) in [6.45, 7) is 2.34. The molecule has 0 bridgehead atoms. The number of hydrogen-bond acceptors (Lipinski definition) is 4. The molecule has 1 unspecified atom stereocenters. The van der Waals surface area contributed by atoms with Crippen LogP contribution in [0.1, 0.15) is 41.9 Å². The smallest absolute Gasteiger partial charge is 0.276 e. The Labute approximate surface area is 94.6 Å². The van der Waals surface area contributed by atoms with E-state index in [1.54, 1.807) is 18.0 Å². The second-order valence-corrected chi connectivity index (χ2v) is 4.39. The second kappa shape index (κ2) is 4.25. The van der Waals surface area contributed by atoms with Crippen LogP contribution in [0.15, 0.2) is 10.6 Å². The van der Waals surface area contributed by atoms with Gasteiger partial charge in [0.05, 0.1) is 0 Å². The minimum atomic E-state index is -0.131. The molecular formula is C11H17N3O2. The van der Waals surface area contributed by atoms with Gasteiger partial charge in [0.2, 0.25) is 0 Å². The van der Waals surface area contributed by atoms with Crippen LogP contribution in [0, 0.1) is 0 Å². The molecule has 1 heterocycles. The summed E-state index contributed by atoms with van der Waals surface area (Å²) in [5, 5.41) is 3.81. The van der Waals surface area contributed by atoms with Crippen LogP contribution in [0.2, 0.25) is 0 Å². The molecular weight excluding hydrogens is 206 g/mol. The highest BCUT2D eigenvalue weighted by atomic mass is 16.5. The van der Waals surface area contributed by atoms with Gasteiger partial charge in [0.1, 0.15) is 5.76 Å². The Kier molecular flexibility index (Phi) is 2.96. The van der Waals surface area contributed by atoms with Crippen molar-refractivity contribution in [2.24, 2.45) is 5.73 Å². The number of carbonyl (C=O) groups excluding carboxylic acids is 1. The molecule has 1 saturated carbocycles. The van der Waals surface area contributed by atoms with E-state index < -0.39 is 0 Å². The Morgan fingerprint density at radius 1 is 1.75 bits per heavy atom. The van der Waals surface area contributed by atoms with Crippen LogP contribution in [0.3, 0.4) is 0 Å². The molecule has 88 valence electrons. The van der Waals surface area contributed by atoms with Gasteiger partial charge in [-0.1, -0.05) is 5.16 Å². The highest BCUT2D eigenvalue weighted by Crippen LogP contribution is 2.40. The van der Waals surface area contributed by atoms with Gasteiger partial charge in [-0.2, -0.15) is 0 Å². The van der Waals surface area contributed by atoms with Crippen molar-refractivity contribution in [3.63, 3.8) is 0 Å². The van der Waals surface area contributed by atoms with E-state index in [9.17, 15) is 4.79 Å². The quantitative estimate of drug-likeness (QED) is 0.825. The third-order valence-corrected chi connectivity index (χ3v) is 3.05. The van der Waals surface area contributed by atoms with Gasteiger partial charge in [-0.15, -0.1) is 0 Å². The van der Waals surface area contributed by atoms with Gasteiger partial charge in [0.15, 0.2) is 5.69 Å². The molecule has 0 radical (unpaired) electrons. The summed E-state index contributed by atoms with van der Waals surface area (Å²) in [4.78, 5) is 13.5. The average Bonchev–Trinajstić information content (AvgIpc) is 3.04. The van der Waals surface area contributed by atoms with Crippen LogP contribution < -0.4 is 5.73 Å². The fourth-order valence-electron chi connectivity index (χ4n) is 1.49. The predicted octanol–water partition coefficient (Wildman–Crippen LogP) is 0.971. The summed E-state index contributed by atoms with van der Waals surface area (Å²) in [7, 11) is 1.73. The van der Waals surface area contributed by atoms with Crippen LogP contribution >= 0.6 is 0 Å². The molecule has 1 fully saturated rings. The van der Waals surface area contributed by atoms with Crippen LogP contribution in [0.4, 0.5) is 0 Å². The molecule has 1 amide bonds. The molecule has 0 saturated heterocycles. The first-order valence-corrected chi connectivity index (χ1v) is 5.57. The standard InChI is InChI=1S/C11H17N3O2/c1-7(6-12)14(2)11(15)9-5-10(16-13-9)8-3-4-8/h5,7-8H,3-4,6,12H2,1-2H3. The summed E-state index contributed by atoms with van der Waals surface area (Å²) < 4.78 is 5.14. The van der Waals surface area contributed by atoms with Crippen LogP contribution in [0.25, 0.3) is 0 Å². The molecule has 0 aromatic carbocycles. The van der Waals surface area contributed by atoms with Gasteiger partial charge in [0, 0.05) is 31.6 Å². The molecule has 5 nitrogen and oxygen atoms in total. The zero-order chi connectivity index (χ0) is 11.7. The lowest BCUT2D eigenvalue weighted by atomic mass is 10.2. The maximum atomic E-state index is 11.9. The lowest BCUT2D eigenvalue weighted by Gasteiger charge is -2.22. The Hall–Kier alpha value is -1.36. The molecule has 1 aliphatic rings. The number of carbonyl (C=O) groups is 1. The zero-order valence-electron chi connectivity index (χ0n) is 9.64. The average molecular weight is 223 g/mol. The third-order valence-electron chi connectivity index (χ3n) is 3.05. The molecule has 1 aromatic heterocycles. The van der Waals surface area contributed by atoms with Crippen molar-refractivity contribution in [3.8, 4) is 0 Å². The number of nitrogens with zero attached hydrogens (tertiary/aromatic N) is 2. The lowest BCUT2D eigenvalue weighted by Crippen LogP contribution is -2.39. The highest BCUT2D eigenvalue weighted by molar-refractivity contribution is 5.92. The van der Waals surface area contributed by atoms with E-state index in [-0.39, 0.29) is 11.9 Å². The van der Waals surface area contributed by atoms with Crippen molar-refractivity contribution in [1.82, 2.24) is 10.1 Å². The van der Waals surface area contributed by atoms with Crippen molar-refractivity contribution in [1.29, 1.82) is 0 Å². The minimum Gasteiger partial charge on any atom is -0.360 e. The Balaban J connectivity index is 2.07. The van der Waals surface area contributed by atoms with Gasteiger partial charge in [-0.05, 0) is 19.8 Å². The number of hydrogen-bond donors (Lipinski definition) is 1. The predicted molar refractivity (Wildman–Crippen MR) is 59.1 cm³/mol. The SMILES string of the molecule is CC(CN)N(C)C(=O)c1cc(C2CC2)on1. The van der Waals surface area contributed by atoms with Crippen molar-refractivity contribution in [2.75, 3.05) is 13.6 Å². The largest absolute Gasteiger partial charge is 0.360 e. The maximum Gasteiger partial charge on any atom is 0.276 e. The summed E-state index contributed by atoms with van der Waals surface area (Å²) in [5.41, 5.74) is 5.89. The Bertz CT molecular complexity index is 384. The van der Waals surface area contributed by atoms with E-state index in [1.807, 2.05) is 6.92 Å². The summed E-state index contributed by atoms with van der Waals surface area (Å²) in [5.74, 6) is 1.18. The molecule has 0 spiro atoms. The normalized spacial score (nSPS) is 17.2. The first-order chi connectivity index (χ1) is 7.63. The fraction of sp³-hybridized carbons (Fsp3) is 0.636. The summed E-state index contributed by atoms with van der Waals surface area (Å²) in [6, 6.07) is 1.76. The third kappa shape index (κ3) is 2.09. The molecule has 1 atom stereocenters. The van der Waals surface area contributed by atoms with Gasteiger partial charge in [-0.3, -0.25) is 4.79 Å². The summed E-state index contributed by atoms with van der Waals surface area (Å²) in [6.07, 6.45) is 2.27. The Morgan fingerprint density at radius 3 is 3.00 bits per heavy atom. The lowest BCUT2D eigenvalue weighted by molar-refractivity contribution is 0.0738. The van der Waals surface area contributed by atoms with E-state index in [1.165, 1.54) is 0 Å². The molecule has 5 heteroatoms. The van der Waals surface area contributed by atoms with Crippen LogP contribution in [-0.2, 0) is 0 Å². The first-order valence-electron chi connectivity index (χ1n) is 5.57. The number of likely N-dealkylation sites (N-methyl/N-ethyl adjacent to an activating group) is 1. The van der Waals surface area contributed by atoms with Crippen LogP contribution in [-0.4, -0.2) is 35.6 Å². The molecule has 1 aromatic rings. The van der Waals surface area contributed by atoms with Gasteiger partial charge in [-0.25, -0.2) is 0 Å². The molecule has 1 aliphatic carbocycles. The van der Waals surface area contributed by atoms with E-state index in [2.05, 4.69) is 5.16 Å². The maximum absolute atomic E-state index is 11.9. The van der Waals surface area contributed by atoms with Gasteiger partial charge >= 0.3 is 0 Å². The number of aromatic nitrogens is 1. The Morgan fingerprint density at radius 2 is 2.44 bits per heavy atom. The monoisotopic (exact) mass is 223 g/mol. The number of nitrogens with two attached hydrogens (primary N) is 1. The van der Waals surface area contributed by atoms with Crippen molar-refractivity contribution in [2.45, 2.75) is 31.7 Å². The first kappa shape index (κ1) is 11.1. The highest BCUT2D eigenvalue weighted by Gasteiger charge is 2.29. The summed E-state index contributed by atoms with van der Waals surface area (Å²) >= 11 is 0. The van der Waals surface area contributed by atoms with Crippen LogP contribution in [0.5, 0.6) is 0 Å². The van der Waals surface area contributed by atoms with E-state index in [4.69, 9.17) is 10.3 Å². The van der Waals surface area contributed by atoms with E-state index >= 15 is 0 Å². The van der Waals surface area contributed by atoms with Crippen molar-refractivity contribution < 1.29 is 9.32 Å². The van der Waals surface area contributed by atoms with E-state index in [0.717, 1.165) is 18.6 Å². The van der Waals surface area contributed by atoms with Crippen molar-refractivity contribution >= 4 is 5.91 Å². The number of amides is 1. The second-order valence-electron chi connectivity index (χ2n) is 4.39. The molecule has 2 N–H and O–H groups in total. The number of rotatable bonds is 4. The topological polar surface area (TPSA) is 72.4 Å². The molecule has 0 aliphatic heterocycles.